The molecule has 0 fully saturated rings. The Morgan fingerprint density at radius 1 is 1.18 bits per heavy atom. The highest BCUT2D eigenvalue weighted by molar-refractivity contribution is 7.15. The molecule has 140 valence electrons. The van der Waals surface area contributed by atoms with Gasteiger partial charge in [-0.1, -0.05) is 68.4 Å². The van der Waals surface area contributed by atoms with E-state index in [9.17, 15) is 10.1 Å². The van der Waals surface area contributed by atoms with Gasteiger partial charge in [-0.2, -0.15) is 5.26 Å². The Morgan fingerprint density at radius 3 is 2.54 bits per heavy atom. The molecule has 4 nitrogen and oxygen atoms in total. The summed E-state index contributed by atoms with van der Waals surface area (Å²) in [6.45, 7) is 4.25. The van der Waals surface area contributed by atoms with Crippen molar-refractivity contribution in [2.75, 3.05) is 5.32 Å². The topological polar surface area (TPSA) is 65.8 Å². The first-order valence-electron chi connectivity index (χ1n) is 9.07. The highest BCUT2D eigenvalue weighted by Gasteiger charge is 2.12. The Balaban J connectivity index is 1.68. The van der Waals surface area contributed by atoms with Crippen molar-refractivity contribution in [1.29, 1.82) is 5.26 Å². The number of carbonyl (C=O) groups excluding carboxylic acids is 1. The Labute approximate surface area is 169 Å². The number of amides is 1. The third-order valence-electron chi connectivity index (χ3n) is 4.27. The number of rotatable bonds is 6. The lowest BCUT2D eigenvalue weighted by molar-refractivity contribution is -0.112. The molecule has 0 aliphatic rings. The van der Waals surface area contributed by atoms with Crippen molar-refractivity contribution in [3.05, 3.63) is 87.9 Å². The van der Waals surface area contributed by atoms with E-state index in [0.717, 1.165) is 16.9 Å². The van der Waals surface area contributed by atoms with E-state index in [0.29, 0.717) is 11.0 Å². The van der Waals surface area contributed by atoms with Gasteiger partial charge in [-0.25, -0.2) is 4.98 Å². The van der Waals surface area contributed by atoms with Crippen LogP contribution >= 0.6 is 11.3 Å². The fourth-order valence-corrected chi connectivity index (χ4v) is 3.54. The molecule has 0 saturated carbocycles. The lowest BCUT2D eigenvalue weighted by Crippen LogP contribution is -2.13. The monoisotopic (exact) mass is 387 g/mol. The van der Waals surface area contributed by atoms with E-state index in [4.69, 9.17) is 0 Å². The molecular formula is C23H21N3OS. The summed E-state index contributed by atoms with van der Waals surface area (Å²) in [5.74, 6) is -0.0113. The van der Waals surface area contributed by atoms with Gasteiger partial charge >= 0.3 is 0 Å². The Kier molecular flexibility index (Phi) is 6.36. The van der Waals surface area contributed by atoms with Crippen LogP contribution in [0.5, 0.6) is 0 Å². The molecule has 0 aliphatic heterocycles. The second-order valence-corrected chi connectivity index (χ2v) is 7.85. The number of nitrogens with zero attached hydrogens (tertiary/aromatic N) is 2. The lowest BCUT2D eigenvalue weighted by atomic mass is 10.0. The van der Waals surface area contributed by atoms with Gasteiger partial charge in [0.2, 0.25) is 0 Å². The molecule has 2 aromatic carbocycles. The summed E-state index contributed by atoms with van der Waals surface area (Å²) in [5, 5.41) is 12.6. The molecule has 0 atom stereocenters. The molecule has 1 aromatic heterocycles. The molecule has 0 saturated heterocycles. The first-order valence-corrected chi connectivity index (χ1v) is 9.88. The zero-order chi connectivity index (χ0) is 19.9. The summed E-state index contributed by atoms with van der Waals surface area (Å²) in [7, 11) is 0. The van der Waals surface area contributed by atoms with Crippen molar-refractivity contribution >= 4 is 28.5 Å². The quantitative estimate of drug-likeness (QED) is 0.455. The van der Waals surface area contributed by atoms with E-state index in [2.05, 4.69) is 36.3 Å². The number of carbonyl (C=O) groups is 1. The maximum absolute atomic E-state index is 12.5. The van der Waals surface area contributed by atoms with Crippen LogP contribution in [0, 0.1) is 11.3 Å². The van der Waals surface area contributed by atoms with Crippen LogP contribution in [-0.2, 0) is 11.2 Å². The summed E-state index contributed by atoms with van der Waals surface area (Å²) in [6, 6.07) is 19.9. The first-order chi connectivity index (χ1) is 13.5. The highest BCUT2D eigenvalue weighted by Crippen LogP contribution is 2.22. The number of aromatic nitrogens is 1. The van der Waals surface area contributed by atoms with Crippen LogP contribution in [0.1, 0.15) is 41.3 Å². The molecule has 5 heteroatoms. The van der Waals surface area contributed by atoms with Crippen molar-refractivity contribution < 1.29 is 4.79 Å². The van der Waals surface area contributed by atoms with Crippen molar-refractivity contribution in [2.45, 2.75) is 26.2 Å². The molecule has 0 radical (unpaired) electrons. The Hall–Kier alpha value is -3.23. The van der Waals surface area contributed by atoms with Crippen LogP contribution in [0.25, 0.3) is 6.08 Å². The van der Waals surface area contributed by atoms with Gasteiger partial charge in [-0.3, -0.25) is 10.1 Å². The van der Waals surface area contributed by atoms with Crippen LogP contribution in [0.2, 0.25) is 0 Å². The fourth-order valence-electron chi connectivity index (χ4n) is 2.70. The van der Waals surface area contributed by atoms with E-state index >= 15 is 0 Å². The molecule has 0 aliphatic carbocycles. The third kappa shape index (κ3) is 5.15. The number of hydrogen-bond donors (Lipinski definition) is 1. The average Bonchev–Trinajstić information content (AvgIpc) is 3.13. The van der Waals surface area contributed by atoms with Crippen molar-refractivity contribution in [1.82, 2.24) is 4.98 Å². The van der Waals surface area contributed by atoms with Gasteiger partial charge in [-0.05, 0) is 28.7 Å². The number of nitriles is 1. The van der Waals surface area contributed by atoms with Crippen molar-refractivity contribution in [3.8, 4) is 6.07 Å². The van der Waals surface area contributed by atoms with Crippen LogP contribution in [0.3, 0.4) is 0 Å². The maximum atomic E-state index is 12.5. The fraction of sp³-hybridized carbons (Fsp3) is 0.174. The minimum atomic E-state index is -0.448. The van der Waals surface area contributed by atoms with Crippen molar-refractivity contribution in [3.63, 3.8) is 0 Å². The molecule has 3 rings (SSSR count). The molecule has 28 heavy (non-hydrogen) atoms. The predicted molar refractivity (Wildman–Crippen MR) is 114 cm³/mol. The molecule has 1 N–H and O–H groups in total. The summed E-state index contributed by atoms with van der Waals surface area (Å²) < 4.78 is 0. The van der Waals surface area contributed by atoms with Crippen LogP contribution in [0.15, 0.2) is 66.4 Å². The largest absolute Gasteiger partial charge is 0.297 e. The van der Waals surface area contributed by atoms with E-state index in [1.54, 1.807) is 12.3 Å². The van der Waals surface area contributed by atoms with Gasteiger partial charge in [0.05, 0.1) is 0 Å². The average molecular weight is 388 g/mol. The maximum Gasteiger partial charge on any atom is 0.268 e. The van der Waals surface area contributed by atoms with Gasteiger partial charge in [0.25, 0.3) is 5.91 Å². The minimum absolute atomic E-state index is 0.0529. The van der Waals surface area contributed by atoms with Gasteiger partial charge in [0, 0.05) is 17.5 Å². The van der Waals surface area contributed by atoms with Crippen LogP contribution < -0.4 is 5.32 Å². The van der Waals surface area contributed by atoms with Gasteiger partial charge in [0.1, 0.15) is 11.6 Å². The van der Waals surface area contributed by atoms with E-state index in [-0.39, 0.29) is 5.57 Å². The van der Waals surface area contributed by atoms with Gasteiger partial charge in [-0.15, -0.1) is 11.3 Å². The first kappa shape index (κ1) is 19.5. The standard InChI is InChI=1S/C23H21N3OS/c1-16(2)19-10-8-18(9-11-19)12-20(14-24)22(27)26-23-25-15-21(28-23)13-17-6-4-3-5-7-17/h3-12,15-16H,13H2,1-2H3,(H,25,26,27)/b20-12+. The SMILES string of the molecule is CC(C)c1ccc(/C=C(\C#N)C(=O)Nc2ncc(Cc3ccccc3)s2)cc1. The molecule has 3 aromatic rings. The molecular weight excluding hydrogens is 366 g/mol. The zero-order valence-electron chi connectivity index (χ0n) is 15.8. The van der Waals surface area contributed by atoms with Gasteiger partial charge < -0.3 is 0 Å². The van der Waals surface area contributed by atoms with E-state index in [1.165, 1.54) is 22.5 Å². The van der Waals surface area contributed by atoms with E-state index < -0.39 is 5.91 Å². The number of nitrogens with one attached hydrogen (secondary N) is 1. The molecule has 1 amide bonds. The second-order valence-electron chi connectivity index (χ2n) is 6.74. The molecule has 1 heterocycles. The zero-order valence-corrected chi connectivity index (χ0v) is 16.7. The molecule has 0 unspecified atom stereocenters. The Bertz CT molecular complexity index is 1010. The normalized spacial score (nSPS) is 11.3. The lowest BCUT2D eigenvalue weighted by Gasteiger charge is -2.05. The molecule has 0 spiro atoms. The number of thiazole rings is 1. The van der Waals surface area contributed by atoms with E-state index in [1.807, 2.05) is 48.5 Å². The minimum Gasteiger partial charge on any atom is -0.297 e. The number of benzene rings is 2. The van der Waals surface area contributed by atoms with Crippen LogP contribution in [0.4, 0.5) is 5.13 Å². The number of hydrogen-bond acceptors (Lipinski definition) is 4. The summed E-state index contributed by atoms with van der Waals surface area (Å²) >= 11 is 1.42. The highest BCUT2D eigenvalue weighted by atomic mass is 32.1. The van der Waals surface area contributed by atoms with Gasteiger partial charge in [0.15, 0.2) is 5.13 Å². The van der Waals surface area contributed by atoms with Crippen LogP contribution in [-0.4, -0.2) is 10.9 Å². The summed E-state index contributed by atoms with van der Waals surface area (Å²) in [4.78, 5) is 17.8. The predicted octanol–water partition coefficient (Wildman–Crippen LogP) is 5.40. The molecule has 0 bridgehead atoms. The number of anilines is 1. The second kappa shape index (κ2) is 9.12. The third-order valence-corrected chi connectivity index (χ3v) is 5.19. The smallest absolute Gasteiger partial charge is 0.268 e. The summed E-state index contributed by atoms with van der Waals surface area (Å²) in [5.41, 5.74) is 3.28. The van der Waals surface area contributed by atoms with Crippen molar-refractivity contribution in [2.24, 2.45) is 0 Å². The Morgan fingerprint density at radius 2 is 1.89 bits per heavy atom. The summed E-state index contributed by atoms with van der Waals surface area (Å²) in [6.07, 6.45) is 4.11.